The standard InChI is InChI=1S/C14H22N2O/c1-11(12-7-9-15-10-8-12)16-13-5-3-2-4-6-14(13)17/h7-11,13-14,16-17H,2-6H2,1H3/t11-,13?,14?/m1/s1. The zero-order chi connectivity index (χ0) is 12.1. The second-order valence-electron chi connectivity index (χ2n) is 4.98. The van der Waals surface area contributed by atoms with Gasteiger partial charge in [0.15, 0.2) is 0 Å². The highest BCUT2D eigenvalue weighted by Gasteiger charge is 2.22. The van der Waals surface area contributed by atoms with Crippen LogP contribution in [0.25, 0.3) is 0 Å². The maximum atomic E-state index is 10.1. The Bertz CT molecular complexity index is 328. The topological polar surface area (TPSA) is 45.1 Å². The van der Waals surface area contributed by atoms with Crippen molar-refractivity contribution in [3.8, 4) is 0 Å². The molecule has 0 spiro atoms. The average Bonchev–Trinajstić information content (AvgIpc) is 2.56. The number of nitrogens with one attached hydrogen (secondary N) is 1. The molecule has 0 saturated heterocycles. The van der Waals surface area contributed by atoms with E-state index in [0.717, 1.165) is 19.3 Å². The average molecular weight is 234 g/mol. The Morgan fingerprint density at radius 2 is 1.94 bits per heavy atom. The summed E-state index contributed by atoms with van der Waals surface area (Å²) >= 11 is 0. The molecule has 94 valence electrons. The van der Waals surface area contributed by atoms with E-state index in [-0.39, 0.29) is 18.2 Å². The smallest absolute Gasteiger partial charge is 0.0693 e. The van der Waals surface area contributed by atoms with E-state index in [1.54, 1.807) is 0 Å². The Morgan fingerprint density at radius 1 is 1.24 bits per heavy atom. The van der Waals surface area contributed by atoms with Crippen molar-refractivity contribution in [1.82, 2.24) is 10.3 Å². The summed E-state index contributed by atoms with van der Waals surface area (Å²) in [7, 11) is 0. The molecule has 1 saturated carbocycles. The molecule has 2 unspecified atom stereocenters. The second kappa shape index (κ2) is 6.12. The lowest BCUT2D eigenvalue weighted by Gasteiger charge is -2.26. The summed E-state index contributed by atoms with van der Waals surface area (Å²) in [6.45, 7) is 2.15. The molecule has 3 heteroatoms. The van der Waals surface area contributed by atoms with Crippen LogP contribution < -0.4 is 5.32 Å². The number of nitrogens with zero attached hydrogens (tertiary/aromatic N) is 1. The van der Waals surface area contributed by atoms with E-state index in [1.165, 1.54) is 18.4 Å². The van der Waals surface area contributed by atoms with E-state index in [2.05, 4.69) is 17.2 Å². The van der Waals surface area contributed by atoms with Crippen LogP contribution in [0, 0.1) is 0 Å². The summed E-state index contributed by atoms with van der Waals surface area (Å²) < 4.78 is 0. The summed E-state index contributed by atoms with van der Waals surface area (Å²) in [5.41, 5.74) is 1.23. The van der Waals surface area contributed by atoms with Crippen molar-refractivity contribution in [3.63, 3.8) is 0 Å². The Labute approximate surface area is 103 Å². The fourth-order valence-corrected chi connectivity index (χ4v) is 2.55. The van der Waals surface area contributed by atoms with Crippen molar-refractivity contribution in [1.29, 1.82) is 0 Å². The van der Waals surface area contributed by atoms with Crippen LogP contribution in [-0.4, -0.2) is 22.2 Å². The molecule has 0 radical (unpaired) electrons. The quantitative estimate of drug-likeness (QED) is 0.790. The normalized spacial score (nSPS) is 27.4. The van der Waals surface area contributed by atoms with Crippen molar-refractivity contribution in [2.45, 2.75) is 57.2 Å². The van der Waals surface area contributed by atoms with Crippen LogP contribution in [0.2, 0.25) is 0 Å². The third-order valence-electron chi connectivity index (χ3n) is 3.65. The molecule has 3 atom stereocenters. The molecule has 2 N–H and O–H groups in total. The summed E-state index contributed by atoms with van der Waals surface area (Å²) in [6, 6.07) is 4.57. The second-order valence-corrected chi connectivity index (χ2v) is 4.98. The summed E-state index contributed by atoms with van der Waals surface area (Å²) in [5.74, 6) is 0. The predicted molar refractivity (Wildman–Crippen MR) is 68.7 cm³/mol. The molecule has 0 bridgehead atoms. The fourth-order valence-electron chi connectivity index (χ4n) is 2.55. The lowest BCUT2D eigenvalue weighted by molar-refractivity contribution is 0.115. The van der Waals surface area contributed by atoms with Gasteiger partial charge in [0.25, 0.3) is 0 Å². The van der Waals surface area contributed by atoms with Crippen molar-refractivity contribution in [2.24, 2.45) is 0 Å². The van der Waals surface area contributed by atoms with Crippen LogP contribution in [0.4, 0.5) is 0 Å². The molecule has 1 aliphatic carbocycles. The van der Waals surface area contributed by atoms with Gasteiger partial charge in [0.1, 0.15) is 0 Å². The fraction of sp³-hybridized carbons (Fsp3) is 0.643. The number of aliphatic hydroxyl groups excluding tert-OH is 1. The van der Waals surface area contributed by atoms with Crippen molar-refractivity contribution >= 4 is 0 Å². The van der Waals surface area contributed by atoms with E-state index in [1.807, 2.05) is 24.5 Å². The molecule has 17 heavy (non-hydrogen) atoms. The van der Waals surface area contributed by atoms with Crippen LogP contribution in [0.3, 0.4) is 0 Å². The third kappa shape index (κ3) is 3.51. The largest absolute Gasteiger partial charge is 0.392 e. The van der Waals surface area contributed by atoms with Crippen LogP contribution in [0.5, 0.6) is 0 Å². The highest BCUT2D eigenvalue weighted by molar-refractivity contribution is 5.14. The lowest BCUT2D eigenvalue weighted by Crippen LogP contribution is -2.40. The Kier molecular flexibility index (Phi) is 4.51. The van der Waals surface area contributed by atoms with Gasteiger partial charge in [0, 0.05) is 24.5 Å². The van der Waals surface area contributed by atoms with Gasteiger partial charge in [-0.3, -0.25) is 4.98 Å². The number of aromatic nitrogens is 1. The van der Waals surface area contributed by atoms with Gasteiger partial charge < -0.3 is 10.4 Å². The number of pyridine rings is 1. The summed E-state index contributed by atoms with van der Waals surface area (Å²) in [5, 5.41) is 13.6. The molecule has 0 amide bonds. The van der Waals surface area contributed by atoms with Crippen molar-refractivity contribution in [3.05, 3.63) is 30.1 Å². The van der Waals surface area contributed by atoms with Gasteiger partial charge in [-0.05, 0) is 37.5 Å². The molecule has 1 aliphatic rings. The van der Waals surface area contributed by atoms with Gasteiger partial charge in [-0.1, -0.05) is 19.3 Å². The zero-order valence-electron chi connectivity index (χ0n) is 10.5. The minimum Gasteiger partial charge on any atom is -0.392 e. The monoisotopic (exact) mass is 234 g/mol. The molecule has 2 rings (SSSR count). The van der Waals surface area contributed by atoms with Crippen LogP contribution >= 0.6 is 0 Å². The van der Waals surface area contributed by atoms with Crippen LogP contribution in [0.1, 0.15) is 50.6 Å². The highest BCUT2D eigenvalue weighted by atomic mass is 16.3. The molecular formula is C14H22N2O. The Balaban J connectivity index is 1.95. The van der Waals surface area contributed by atoms with Gasteiger partial charge in [0.05, 0.1) is 6.10 Å². The molecule has 1 aromatic rings. The maximum absolute atomic E-state index is 10.1. The van der Waals surface area contributed by atoms with Gasteiger partial charge in [-0.15, -0.1) is 0 Å². The highest BCUT2D eigenvalue weighted by Crippen LogP contribution is 2.21. The molecular weight excluding hydrogens is 212 g/mol. The molecule has 0 aromatic carbocycles. The Morgan fingerprint density at radius 3 is 2.71 bits per heavy atom. The molecule has 3 nitrogen and oxygen atoms in total. The third-order valence-corrected chi connectivity index (χ3v) is 3.65. The molecule has 1 heterocycles. The molecule has 1 fully saturated rings. The number of hydrogen-bond donors (Lipinski definition) is 2. The summed E-state index contributed by atoms with van der Waals surface area (Å²) in [4.78, 5) is 4.03. The van der Waals surface area contributed by atoms with Gasteiger partial charge in [0.2, 0.25) is 0 Å². The van der Waals surface area contributed by atoms with Crippen molar-refractivity contribution in [2.75, 3.05) is 0 Å². The van der Waals surface area contributed by atoms with Gasteiger partial charge in [-0.25, -0.2) is 0 Å². The van der Waals surface area contributed by atoms with Gasteiger partial charge in [-0.2, -0.15) is 0 Å². The minimum absolute atomic E-state index is 0.193. The van der Waals surface area contributed by atoms with Crippen LogP contribution in [-0.2, 0) is 0 Å². The Hall–Kier alpha value is -0.930. The van der Waals surface area contributed by atoms with Gasteiger partial charge >= 0.3 is 0 Å². The number of rotatable bonds is 3. The first-order chi connectivity index (χ1) is 8.27. The first kappa shape index (κ1) is 12.5. The zero-order valence-corrected chi connectivity index (χ0v) is 10.5. The minimum atomic E-state index is -0.193. The SMILES string of the molecule is C[C@@H](NC1CCCCCC1O)c1ccncc1. The van der Waals surface area contributed by atoms with E-state index in [9.17, 15) is 5.11 Å². The van der Waals surface area contributed by atoms with Crippen LogP contribution in [0.15, 0.2) is 24.5 Å². The van der Waals surface area contributed by atoms with E-state index in [0.29, 0.717) is 0 Å². The number of aliphatic hydroxyl groups is 1. The van der Waals surface area contributed by atoms with E-state index < -0.39 is 0 Å². The van der Waals surface area contributed by atoms with E-state index >= 15 is 0 Å². The maximum Gasteiger partial charge on any atom is 0.0693 e. The molecule has 0 aliphatic heterocycles. The lowest BCUT2D eigenvalue weighted by atomic mass is 10.0. The van der Waals surface area contributed by atoms with E-state index in [4.69, 9.17) is 0 Å². The van der Waals surface area contributed by atoms with Crippen molar-refractivity contribution < 1.29 is 5.11 Å². The first-order valence-corrected chi connectivity index (χ1v) is 6.61. The first-order valence-electron chi connectivity index (χ1n) is 6.61. The molecule has 1 aromatic heterocycles. The predicted octanol–water partition coefficient (Wildman–Crippen LogP) is 2.43. The number of hydrogen-bond acceptors (Lipinski definition) is 3. The summed E-state index contributed by atoms with van der Waals surface area (Å²) in [6.07, 6.45) is 9.08.